The third kappa shape index (κ3) is 7.46. The van der Waals surface area contributed by atoms with Crippen molar-refractivity contribution >= 4 is 34.8 Å². The number of hydrogen-bond acceptors (Lipinski definition) is 9. The molecule has 3 heterocycles. The summed E-state index contributed by atoms with van der Waals surface area (Å²) in [5.41, 5.74) is 3.74. The van der Waals surface area contributed by atoms with Crippen molar-refractivity contribution in [1.29, 1.82) is 0 Å². The minimum Gasteiger partial charge on any atom is -0.459 e. The van der Waals surface area contributed by atoms with Crippen LogP contribution in [0.3, 0.4) is 0 Å². The molecule has 3 atom stereocenters. The van der Waals surface area contributed by atoms with Crippen molar-refractivity contribution in [3.63, 3.8) is 0 Å². The molecule has 0 spiro atoms. The van der Waals surface area contributed by atoms with Crippen LogP contribution in [0, 0.1) is 13.8 Å². The second-order valence-electron chi connectivity index (χ2n) is 11.0. The van der Waals surface area contributed by atoms with Crippen LogP contribution in [0.15, 0.2) is 61.2 Å². The summed E-state index contributed by atoms with van der Waals surface area (Å²) in [6.45, 7) is 5.87. The van der Waals surface area contributed by atoms with E-state index < -0.39 is 30.4 Å². The van der Waals surface area contributed by atoms with Crippen molar-refractivity contribution in [3.8, 4) is 0 Å². The maximum atomic E-state index is 13.0. The lowest BCUT2D eigenvalue weighted by Crippen LogP contribution is -2.32. The number of aryl methyl sites for hydroxylation is 2. The zero-order valence-corrected chi connectivity index (χ0v) is 25.2. The average Bonchev–Trinajstić information content (AvgIpc) is 3.63. The number of nitrogens with one attached hydrogen (secondary N) is 1. The predicted octanol–water partition coefficient (Wildman–Crippen LogP) is 5.72. The van der Waals surface area contributed by atoms with Crippen LogP contribution in [0.25, 0.3) is 11.2 Å². The van der Waals surface area contributed by atoms with E-state index in [4.69, 9.17) is 14.2 Å². The first-order chi connectivity index (χ1) is 21.3. The maximum absolute atomic E-state index is 13.0. The standard InChI is InChI=1S/C33H37N5O6/c1-4-5-6-7-8-27(39)37-30-29-31(35-19-34-30)38(20-36-29)28-17-25(44-33(41)24-15-11-22(3)12-16-24)26(43-28)18-42-32(40)23-13-9-21(2)10-14-23/h9-16,19-20,25-26,28H,4-8,17-18H2,1-3H3,(H,34,35,37,39)/t25-,26+,28-/m0/s1. The fourth-order valence-corrected chi connectivity index (χ4v) is 5.03. The third-order valence-electron chi connectivity index (χ3n) is 7.58. The highest BCUT2D eigenvalue weighted by molar-refractivity contribution is 5.96. The van der Waals surface area contributed by atoms with Gasteiger partial charge in [-0.25, -0.2) is 24.5 Å². The van der Waals surface area contributed by atoms with Crippen LogP contribution >= 0.6 is 0 Å². The number of unbranched alkanes of at least 4 members (excludes halogenated alkanes) is 3. The molecule has 2 aromatic heterocycles. The van der Waals surface area contributed by atoms with Crippen LogP contribution in [0.5, 0.6) is 0 Å². The van der Waals surface area contributed by atoms with E-state index in [9.17, 15) is 14.4 Å². The number of carbonyl (C=O) groups is 3. The summed E-state index contributed by atoms with van der Waals surface area (Å²) in [6, 6.07) is 14.1. The van der Waals surface area contributed by atoms with Crippen molar-refractivity contribution in [3.05, 3.63) is 83.4 Å². The number of hydrogen-bond donors (Lipinski definition) is 1. The van der Waals surface area contributed by atoms with E-state index >= 15 is 0 Å². The Bertz CT molecular complexity index is 1600. The fraction of sp³-hybridized carbons (Fsp3) is 0.394. The molecule has 1 aliphatic heterocycles. The molecular formula is C33H37N5O6. The molecule has 0 saturated carbocycles. The second kappa shape index (κ2) is 14.2. The zero-order chi connectivity index (χ0) is 31.1. The van der Waals surface area contributed by atoms with Crippen LogP contribution in [0.2, 0.25) is 0 Å². The Balaban J connectivity index is 1.32. The molecule has 1 aliphatic rings. The summed E-state index contributed by atoms with van der Waals surface area (Å²) in [5.74, 6) is -0.822. The van der Waals surface area contributed by atoms with Crippen molar-refractivity contribution in [2.24, 2.45) is 0 Å². The number of ether oxygens (including phenoxy) is 3. The van der Waals surface area contributed by atoms with Gasteiger partial charge in [-0.05, 0) is 44.5 Å². The lowest BCUT2D eigenvalue weighted by atomic mass is 10.1. The van der Waals surface area contributed by atoms with Gasteiger partial charge in [0.15, 0.2) is 17.0 Å². The number of benzene rings is 2. The number of nitrogens with zero attached hydrogens (tertiary/aromatic N) is 4. The van der Waals surface area contributed by atoms with Gasteiger partial charge in [-0.15, -0.1) is 0 Å². The van der Waals surface area contributed by atoms with Gasteiger partial charge in [0.2, 0.25) is 5.91 Å². The lowest BCUT2D eigenvalue weighted by Gasteiger charge is -2.19. The molecule has 1 N–H and O–H groups in total. The van der Waals surface area contributed by atoms with E-state index in [0.29, 0.717) is 34.5 Å². The molecule has 230 valence electrons. The normalized spacial score (nSPS) is 17.8. The number of amides is 1. The molecule has 11 heteroatoms. The Labute approximate surface area is 256 Å². The number of fused-ring (bicyclic) bond motifs is 1. The third-order valence-corrected chi connectivity index (χ3v) is 7.58. The number of imidazole rings is 1. The quantitative estimate of drug-likeness (QED) is 0.160. The monoisotopic (exact) mass is 599 g/mol. The second-order valence-corrected chi connectivity index (χ2v) is 11.0. The molecule has 5 rings (SSSR count). The molecule has 0 aliphatic carbocycles. The number of esters is 2. The average molecular weight is 600 g/mol. The number of aromatic nitrogens is 4. The smallest absolute Gasteiger partial charge is 0.338 e. The molecule has 0 bridgehead atoms. The molecule has 4 aromatic rings. The Morgan fingerprint density at radius 2 is 1.59 bits per heavy atom. The highest BCUT2D eigenvalue weighted by Crippen LogP contribution is 2.34. The van der Waals surface area contributed by atoms with Crippen molar-refractivity contribution in [2.75, 3.05) is 11.9 Å². The van der Waals surface area contributed by atoms with Crippen LogP contribution < -0.4 is 5.32 Å². The van der Waals surface area contributed by atoms with Crippen LogP contribution in [0.4, 0.5) is 5.82 Å². The summed E-state index contributed by atoms with van der Waals surface area (Å²) in [6.07, 6.45) is 5.45. The van der Waals surface area contributed by atoms with Crippen LogP contribution in [0.1, 0.15) is 83.5 Å². The molecule has 1 amide bonds. The molecule has 44 heavy (non-hydrogen) atoms. The molecule has 0 radical (unpaired) electrons. The Morgan fingerprint density at radius 3 is 2.27 bits per heavy atom. The molecule has 11 nitrogen and oxygen atoms in total. The molecule has 0 unspecified atom stereocenters. The minimum absolute atomic E-state index is 0.129. The van der Waals surface area contributed by atoms with Crippen LogP contribution in [-0.4, -0.2) is 56.2 Å². The first kappa shape index (κ1) is 30.8. The van der Waals surface area contributed by atoms with Crippen molar-refractivity contribution < 1.29 is 28.6 Å². The number of carbonyl (C=O) groups excluding carboxylic acids is 3. The van der Waals surface area contributed by atoms with Gasteiger partial charge in [0.25, 0.3) is 0 Å². The molecular weight excluding hydrogens is 562 g/mol. The molecule has 2 aromatic carbocycles. The summed E-state index contributed by atoms with van der Waals surface area (Å²) in [7, 11) is 0. The molecule has 1 fully saturated rings. The van der Waals surface area contributed by atoms with Gasteiger partial charge in [0.05, 0.1) is 17.5 Å². The van der Waals surface area contributed by atoms with E-state index in [0.717, 1.165) is 36.8 Å². The highest BCUT2D eigenvalue weighted by atomic mass is 16.6. The van der Waals surface area contributed by atoms with Gasteiger partial charge >= 0.3 is 11.9 Å². The summed E-state index contributed by atoms with van der Waals surface area (Å²) < 4.78 is 19.5. The summed E-state index contributed by atoms with van der Waals surface area (Å²) >= 11 is 0. The van der Waals surface area contributed by atoms with Crippen molar-refractivity contribution in [2.45, 2.75) is 77.7 Å². The summed E-state index contributed by atoms with van der Waals surface area (Å²) in [4.78, 5) is 51.4. The van der Waals surface area contributed by atoms with E-state index in [1.165, 1.54) is 6.33 Å². The number of anilines is 1. The van der Waals surface area contributed by atoms with Crippen LogP contribution in [-0.2, 0) is 19.0 Å². The number of rotatable bonds is 12. The topological polar surface area (TPSA) is 135 Å². The van der Waals surface area contributed by atoms with Gasteiger partial charge in [0, 0.05) is 12.8 Å². The SMILES string of the molecule is CCCCCCC(=O)Nc1ncnc2c1ncn2[C@@H]1C[C@H](OC(=O)c2ccc(C)cc2)[C@@H](COC(=O)c2ccc(C)cc2)O1. The zero-order valence-electron chi connectivity index (χ0n) is 25.2. The Morgan fingerprint density at radius 1 is 0.909 bits per heavy atom. The fourth-order valence-electron chi connectivity index (χ4n) is 5.03. The largest absolute Gasteiger partial charge is 0.459 e. The highest BCUT2D eigenvalue weighted by Gasteiger charge is 2.40. The van der Waals surface area contributed by atoms with Gasteiger partial charge < -0.3 is 19.5 Å². The lowest BCUT2D eigenvalue weighted by molar-refractivity contribution is -0.116. The van der Waals surface area contributed by atoms with Gasteiger partial charge in [-0.1, -0.05) is 61.6 Å². The summed E-state index contributed by atoms with van der Waals surface area (Å²) in [5, 5.41) is 2.85. The Hall–Kier alpha value is -4.64. The van der Waals surface area contributed by atoms with Gasteiger partial charge in [-0.2, -0.15) is 0 Å². The van der Waals surface area contributed by atoms with Crippen molar-refractivity contribution in [1.82, 2.24) is 19.5 Å². The Kier molecular flexibility index (Phi) is 9.96. The van der Waals surface area contributed by atoms with Gasteiger partial charge in [0.1, 0.15) is 31.4 Å². The van der Waals surface area contributed by atoms with Gasteiger partial charge in [-0.3, -0.25) is 9.36 Å². The predicted molar refractivity (Wildman–Crippen MR) is 163 cm³/mol. The van der Waals surface area contributed by atoms with E-state index in [-0.39, 0.29) is 18.9 Å². The maximum Gasteiger partial charge on any atom is 0.338 e. The molecule has 1 saturated heterocycles. The minimum atomic E-state index is -0.745. The van der Waals surface area contributed by atoms with E-state index in [1.807, 2.05) is 38.1 Å². The first-order valence-corrected chi connectivity index (χ1v) is 15.0. The van der Waals surface area contributed by atoms with E-state index in [1.54, 1.807) is 35.2 Å². The van der Waals surface area contributed by atoms with E-state index in [2.05, 4.69) is 27.2 Å². The first-order valence-electron chi connectivity index (χ1n) is 15.0.